The number of carbonyl (C=O) groups excluding carboxylic acids is 1. The number of hydrogen-bond acceptors (Lipinski definition) is 3. The summed E-state index contributed by atoms with van der Waals surface area (Å²) in [7, 11) is 0. The van der Waals surface area contributed by atoms with Crippen LogP contribution in [0.1, 0.15) is 13.8 Å². The Bertz CT molecular complexity index is 151. The zero-order valence-corrected chi connectivity index (χ0v) is 8.43. The molecule has 0 aromatic carbocycles. The first kappa shape index (κ1) is 9.26. The van der Waals surface area contributed by atoms with Gasteiger partial charge < -0.3 is 5.32 Å². The lowest BCUT2D eigenvalue weighted by molar-refractivity contribution is -0.118. The molecule has 4 heteroatoms. The molecule has 64 valence electrons. The van der Waals surface area contributed by atoms with Gasteiger partial charge in [-0.3, -0.25) is 4.79 Å². The number of rotatable bonds is 3. The van der Waals surface area contributed by atoms with Gasteiger partial charge >= 0.3 is 0 Å². The molecule has 2 atom stereocenters. The highest BCUT2D eigenvalue weighted by Gasteiger charge is 2.26. The highest BCUT2D eigenvalue weighted by Crippen LogP contribution is 2.25. The van der Waals surface area contributed by atoms with Crippen LogP contribution in [0.5, 0.6) is 0 Å². The third-order valence-electron chi connectivity index (χ3n) is 1.55. The third kappa shape index (κ3) is 2.60. The summed E-state index contributed by atoms with van der Waals surface area (Å²) in [5, 5.41) is 3.82. The SMILES string of the molecule is CCSC(C)C1NC(=O)CS1. The fourth-order valence-corrected chi connectivity index (χ4v) is 3.15. The van der Waals surface area contributed by atoms with Gasteiger partial charge in [-0.1, -0.05) is 13.8 Å². The Hall–Kier alpha value is 0.170. The van der Waals surface area contributed by atoms with E-state index < -0.39 is 0 Å². The van der Waals surface area contributed by atoms with E-state index in [4.69, 9.17) is 0 Å². The van der Waals surface area contributed by atoms with Gasteiger partial charge in [0.15, 0.2) is 0 Å². The van der Waals surface area contributed by atoms with Gasteiger partial charge in [-0.15, -0.1) is 11.8 Å². The van der Waals surface area contributed by atoms with E-state index in [-0.39, 0.29) is 5.91 Å². The molecule has 0 bridgehead atoms. The lowest BCUT2D eigenvalue weighted by Gasteiger charge is -2.16. The Morgan fingerprint density at radius 1 is 1.91 bits per heavy atom. The van der Waals surface area contributed by atoms with Crippen molar-refractivity contribution in [2.24, 2.45) is 0 Å². The van der Waals surface area contributed by atoms with E-state index in [1.54, 1.807) is 11.8 Å². The summed E-state index contributed by atoms with van der Waals surface area (Å²) >= 11 is 3.61. The van der Waals surface area contributed by atoms with Gasteiger partial charge in [-0.2, -0.15) is 11.8 Å². The lowest BCUT2D eigenvalue weighted by Crippen LogP contribution is -2.31. The molecule has 1 heterocycles. The highest BCUT2D eigenvalue weighted by atomic mass is 32.2. The van der Waals surface area contributed by atoms with Crippen LogP contribution < -0.4 is 5.32 Å². The second kappa shape index (κ2) is 4.26. The Kier molecular flexibility index (Phi) is 3.59. The standard InChI is InChI=1S/C7H13NOS2/c1-3-10-5(2)7-8-6(9)4-11-7/h5,7H,3-4H2,1-2H3,(H,8,9). The van der Waals surface area contributed by atoms with Crippen molar-refractivity contribution in [1.29, 1.82) is 0 Å². The maximum Gasteiger partial charge on any atom is 0.230 e. The quantitative estimate of drug-likeness (QED) is 0.729. The van der Waals surface area contributed by atoms with E-state index in [0.29, 0.717) is 16.4 Å². The molecule has 0 spiro atoms. The molecular weight excluding hydrogens is 178 g/mol. The van der Waals surface area contributed by atoms with Crippen LogP contribution in [0.2, 0.25) is 0 Å². The summed E-state index contributed by atoms with van der Waals surface area (Å²) in [6.45, 7) is 4.31. The van der Waals surface area contributed by atoms with E-state index >= 15 is 0 Å². The Labute approximate surface area is 75.9 Å². The minimum atomic E-state index is 0.184. The van der Waals surface area contributed by atoms with Crippen LogP contribution in [-0.2, 0) is 4.79 Å². The molecule has 0 saturated carbocycles. The molecule has 1 aliphatic rings. The van der Waals surface area contributed by atoms with Crippen LogP contribution in [0.4, 0.5) is 0 Å². The van der Waals surface area contributed by atoms with E-state index in [1.807, 2.05) is 11.8 Å². The maximum atomic E-state index is 10.8. The van der Waals surface area contributed by atoms with Crippen molar-refractivity contribution in [3.63, 3.8) is 0 Å². The summed E-state index contributed by atoms with van der Waals surface area (Å²) in [5.74, 6) is 1.94. The van der Waals surface area contributed by atoms with Crippen molar-refractivity contribution >= 4 is 29.4 Å². The predicted octanol–water partition coefficient (Wildman–Crippen LogP) is 1.32. The summed E-state index contributed by atoms with van der Waals surface area (Å²) in [4.78, 5) is 10.8. The van der Waals surface area contributed by atoms with E-state index in [1.165, 1.54) is 0 Å². The molecule has 2 nitrogen and oxygen atoms in total. The molecule has 1 rings (SSSR count). The van der Waals surface area contributed by atoms with E-state index in [0.717, 1.165) is 5.75 Å². The first-order valence-electron chi connectivity index (χ1n) is 3.76. The monoisotopic (exact) mass is 191 g/mol. The summed E-state index contributed by atoms with van der Waals surface area (Å²) < 4.78 is 0. The van der Waals surface area contributed by atoms with Crippen LogP contribution >= 0.6 is 23.5 Å². The maximum absolute atomic E-state index is 10.8. The number of thioether (sulfide) groups is 2. The predicted molar refractivity (Wildman–Crippen MR) is 52.0 cm³/mol. The number of carbonyl (C=O) groups is 1. The normalized spacial score (nSPS) is 26.7. The van der Waals surface area contributed by atoms with Crippen LogP contribution in [0, 0.1) is 0 Å². The summed E-state index contributed by atoms with van der Waals surface area (Å²) in [6.07, 6.45) is 0. The van der Waals surface area contributed by atoms with Crippen molar-refractivity contribution in [1.82, 2.24) is 5.32 Å². The van der Waals surface area contributed by atoms with Crippen molar-refractivity contribution < 1.29 is 4.79 Å². The molecule has 2 unspecified atom stereocenters. The second-order valence-corrected chi connectivity index (χ2v) is 5.24. The van der Waals surface area contributed by atoms with E-state index in [2.05, 4.69) is 19.2 Å². The van der Waals surface area contributed by atoms with Crippen LogP contribution in [0.3, 0.4) is 0 Å². The average molecular weight is 191 g/mol. The van der Waals surface area contributed by atoms with Gasteiger partial charge in [0.05, 0.1) is 11.1 Å². The third-order valence-corrected chi connectivity index (χ3v) is 4.17. The lowest BCUT2D eigenvalue weighted by atomic mass is 10.4. The molecule has 1 aliphatic heterocycles. The smallest absolute Gasteiger partial charge is 0.230 e. The fraction of sp³-hybridized carbons (Fsp3) is 0.857. The minimum Gasteiger partial charge on any atom is -0.342 e. The number of amides is 1. The molecule has 0 aromatic rings. The van der Waals surface area contributed by atoms with Gasteiger partial charge in [0.2, 0.25) is 5.91 Å². The first-order valence-corrected chi connectivity index (χ1v) is 5.86. The van der Waals surface area contributed by atoms with Crippen molar-refractivity contribution in [2.75, 3.05) is 11.5 Å². The first-order chi connectivity index (χ1) is 5.24. The Balaban J connectivity index is 2.30. The van der Waals surface area contributed by atoms with Crippen LogP contribution in [0.15, 0.2) is 0 Å². The topological polar surface area (TPSA) is 29.1 Å². The van der Waals surface area contributed by atoms with Crippen molar-refractivity contribution in [3.8, 4) is 0 Å². The van der Waals surface area contributed by atoms with Crippen LogP contribution in [-0.4, -0.2) is 28.0 Å². The zero-order valence-electron chi connectivity index (χ0n) is 6.79. The van der Waals surface area contributed by atoms with Crippen molar-refractivity contribution in [3.05, 3.63) is 0 Å². The minimum absolute atomic E-state index is 0.184. The van der Waals surface area contributed by atoms with Crippen LogP contribution in [0.25, 0.3) is 0 Å². The zero-order chi connectivity index (χ0) is 8.27. The molecule has 1 amide bonds. The van der Waals surface area contributed by atoms with Gasteiger partial charge in [-0.25, -0.2) is 0 Å². The van der Waals surface area contributed by atoms with Gasteiger partial charge in [0.1, 0.15) is 0 Å². The molecule has 0 radical (unpaired) electrons. The highest BCUT2D eigenvalue weighted by molar-refractivity contribution is 8.04. The molecule has 1 fully saturated rings. The van der Waals surface area contributed by atoms with Gasteiger partial charge in [-0.05, 0) is 5.75 Å². The average Bonchev–Trinajstić information content (AvgIpc) is 2.36. The Morgan fingerprint density at radius 2 is 2.64 bits per heavy atom. The van der Waals surface area contributed by atoms with Crippen molar-refractivity contribution in [2.45, 2.75) is 24.5 Å². The fourth-order valence-electron chi connectivity index (χ4n) is 1.01. The molecule has 0 aliphatic carbocycles. The number of hydrogen-bond donors (Lipinski definition) is 1. The Morgan fingerprint density at radius 3 is 3.09 bits per heavy atom. The molecule has 11 heavy (non-hydrogen) atoms. The summed E-state index contributed by atoms with van der Waals surface area (Å²) in [6, 6.07) is 0. The van der Waals surface area contributed by atoms with Gasteiger partial charge in [0, 0.05) is 5.25 Å². The molecular formula is C7H13NOS2. The molecule has 0 aromatic heterocycles. The molecule has 1 saturated heterocycles. The largest absolute Gasteiger partial charge is 0.342 e. The summed E-state index contributed by atoms with van der Waals surface area (Å²) in [5.41, 5.74) is 0. The van der Waals surface area contributed by atoms with E-state index in [9.17, 15) is 4.79 Å². The number of nitrogens with one attached hydrogen (secondary N) is 1. The van der Waals surface area contributed by atoms with Gasteiger partial charge in [0.25, 0.3) is 0 Å². The molecule has 1 N–H and O–H groups in total. The second-order valence-electron chi connectivity index (χ2n) is 2.46.